The molecule has 7 heteroatoms. The average molecular weight is 327 g/mol. The van der Waals surface area contributed by atoms with Gasteiger partial charge in [0.05, 0.1) is 6.26 Å². The maximum Gasteiger partial charge on any atom is 0.183 e. The number of anilines is 1. The van der Waals surface area contributed by atoms with Gasteiger partial charge in [-0.2, -0.15) is 0 Å². The molecule has 0 unspecified atom stereocenters. The van der Waals surface area contributed by atoms with Crippen LogP contribution >= 0.6 is 11.8 Å². The number of hydrogen-bond acceptors (Lipinski definition) is 6. The van der Waals surface area contributed by atoms with E-state index >= 15 is 0 Å². The van der Waals surface area contributed by atoms with Gasteiger partial charge in [-0.05, 0) is 30.7 Å². The van der Waals surface area contributed by atoms with E-state index in [1.807, 2.05) is 26.0 Å². The summed E-state index contributed by atoms with van der Waals surface area (Å²) >= 11 is 1.52. The molecule has 0 amide bonds. The van der Waals surface area contributed by atoms with Crippen molar-refractivity contribution in [3.05, 3.63) is 36.4 Å². The standard InChI is InChI=1S/C14H11N5OS.C2H6/c1-7-4-8-2-3-20-9(8)5-10(7)21-14-18-11-12(15)16-6-17-13(11)19-14;1-2/h2-6H,1H3,(H3,15,16,17,18,19);1-2H3. The van der Waals surface area contributed by atoms with Gasteiger partial charge in [0.15, 0.2) is 16.6 Å². The highest BCUT2D eigenvalue weighted by Gasteiger charge is 2.11. The molecule has 3 N–H and O–H groups in total. The van der Waals surface area contributed by atoms with Crippen molar-refractivity contribution < 1.29 is 4.42 Å². The first-order chi connectivity index (χ1) is 11.2. The molecule has 0 spiro atoms. The summed E-state index contributed by atoms with van der Waals surface area (Å²) in [6, 6.07) is 6.06. The molecule has 0 aliphatic heterocycles. The molecule has 4 aromatic rings. The van der Waals surface area contributed by atoms with Crippen LogP contribution in [0.3, 0.4) is 0 Å². The Kier molecular flexibility index (Phi) is 4.20. The first kappa shape index (κ1) is 15.4. The van der Waals surface area contributed by atoms with Crippen LogP contribution in [0.2, 0.25) is 0 Å². The summed E-state index contributed by atoms with van der Waals surface area (Å²) in [7, 11) is 0. The predicted octanol–water partition coefficient (Wildman–Crippen LogP) is 4.17. The summed E-state index contributed by atoms with van der Waals surface area (Å²) in [5, 5.41) is 1.82. The SMILES string of the molecule is CC.Cc1cc2ccoc2cc1Sc1nc2ncnc(N)c2[nH]1. The van der Waals surface area contributed by atoms with Crippen LogP contribution in [0, 0.1) is 6.92 Å². The summed E-state index contributed by atoms with van der Waals surface area (Å²) in [4.78, 5) is 16.7. The van der Waals surface area contributed by atoms with E-state index in [-0.39, 0.29) is 0 Å². The molecular weight excluding hydrogens is 310 g/mol. The van der Waals surface area contributed by atoms with Gasteiger partial charge in [0, 0.05) is 10.3 Å². The highest BCUT2D eigenvalue weighted by Crippen LogP contribution is 2.33. The molecule has 3 heterocycles. The lowest BCUT2D eigenvalue weighted by Crippen LogP contribution is -1.91. The van der Waals surface area contributed by atoms with Crippen molar-refractivity contribution in [2.75, 3.05) is 5.73 Å². The molecule has 6 nitrogen and oxygen atoms in total. The number of aryl methyl sites for hydroxylation is 1. The van der Waals surface area contributed by atoms with Gasteiger partial charge < -0.3 is 15.1 Å². The third-order valence-electron chi connectivity index (χ3n) is 3.25. The Morgan fingerprint density at radius 2 is 2.04 bits per heavy atom. The van der Waals surface area contributed by atoms with Gasteiger partial charge in [-0.3, -0.25) is 0 Å². The van der Waals surface area contributed by atoms with Crippen LogP contribution in [0.25, 0.3) is 22.1 Å². The van der Waals surface area contributed by atoms with Crippen LogP contribution in [0.1, 0.15) is 19.4 Å². The van der Waals surface area contributed by atoms with Crippen molar-refractivity contribution in [3.63, 3.8) is 0 Å². The highest BCUT2D eigenvalue weighted by molar-refractivity contribution is 7.99. The Morgan fingerprint density at radius 1 is 1.22 bits per heavy atom. The third kappa shape index (κ3) is 2.87. The molecule has 4 rings (SSSR count). The van der Waals surface area contributed by atoms with Crippen molar-refractivity contribution in [2.45, 2.75) is 30.8 Å². The van der Waals surface area contributed by atoms with Gasteiger partial charge >= 0.3 is 0 Å². The number of fused-ring (bicyclic) bond motifs is 2. The quantitative estimate of drug-likeness (QED) is 0.574. The molecule has 0 atom stereocenters. The fraction of sp³-hybridized carbons (Fsp3) is 0.188. The second kappa shape index (κ2) is 6.29. The molecular formula is C16H17N5OS. The second-order valence-corrected chi connectivity index (χ2v) is 5.71. The van der Waals surface area contributed by atoms with E-state index in [2.05, 4.69) is 32.9 Å². The maximum atomic E-state index is 5.81. The fourth-order valence-corrected chi connectivity index (χ4v) is 3.07. The molecule has 0 aliphatic carbocycles. The number of furan rings is 1. The number of rotatable bonds is 2. The summed E-state index contributed by atoms with van der Waals surface area (Å²) in [5.74, 6) is 0.401. The van der Waals surface area contributed by atoms with Gasteiger partial charge in [-0.15, -0.1) is 0 Å². The zero-order valence-electron chi connectivity index (χ0n) is 13.1. The molecule has 0 bridgehead atoms. The summed E-state index contributed by atoms with van der Waals surface area (Å²) in [6.07, 6.45) is 3.10. The van der Waals surface area contributed by atoms with Crippen LogP contribution in [-0.2, 0) is 0 Å². The number of H-pyrrole nitrogens is 1. The topological polar surface area (TPSA) is 93.6 Å². The van der Waals surface area contributed by atoms with Crippen LogP contribution in [0.15, 0.2) is 45.3 Å². The number of aromatic amines is 1. The van der Waals surface area contributed by atoms with Gasteiger partial charge in [-0.1, -0.05) is 25.6 Å². The largest absolute Gasteiger partial charge is 0.464 e. The maximum absolute atomic E-state index is 5.81. The summed E-state index contributed by atoms with van der Waals surface area (Å²) in [5.41, 5.74) is 9.06. The summed E-state index contributed by atoms with van der Waals surface area (Å²) < 4.78 is 5.44. The van der Waals surface area contributed by atoms with E-state index in [0.29, 0.717) is 17.0 Å². The van der Waals surface area contributed by atoms with Crippen molar-refractivity contribution in [2.24, 2.45) is 0 Å². The van der Waals surface area contributed by atoms with E-state index in [0.717, 1.165) is 26.6 Å². The van der Waals surface area contributed by atoms with E-state index in [1.165, 1.54) is 18.1 Å². The lowest BCUT2D eigenvalue weighted by Gasteiger charge is -2.03. The molecule has 0 saturated carbocycles. The lowest BCUT2D eigenvalue weighted by molar-refractivity contribution is 0.615. The first-order valence-corrected chi connectivity index (χ1v) is 8.14. The number of hydrogen-bond donors (Lipinski definition) is 2. The molecule has 0 aliphatic rings. The van der Waals surface area contributed by atoms with Gasteiger partial charge in [0.25, 0.3) is 0 Å². The van der Waals surface area contributed by atoms with Crippen molar-refractivity contribution in [1.29, 1.82) is 0 Å². The minimum atomic E-state index is 0.401. The number of imidazole rings is 1. The lowest BCUT2D eigenvalue weighted by atomic mass is 10.2. The number of aromatic nitrogens is 4. The molecule has 0 saturated heterocycles. The number of nitrogens with one attached hydrogen (secondary N) is 1. The summed E-state index contributed by atoms with van der Waals surface area (Å²) in [6.45, 7) is 6.06. The highest BCUT2D eigenvalue weighted by atomic mass is 32.2. The molecule has 0 radical (unpaired) electrons. The smallest absolute Gasteiger partial charge is 0.183 e. The second-order valence-electron chi connectivity index (χ2n) is 4.68. The van der Waals surface area contributed by atoms with E-state index < -0.39 is 0 Å². The Hall–Kier alpha value is -2.54. The van der Waals surface area contributed by atoms with E-state index in [1.54, 1.807) is 6.26 Å². The van der Waals surface area contributed by atoms with Gasteiger partial charge in [0.1, 0.15) is 17.4 Å². The van der Waals surface area contributed by atoms with E-state index in [4.69, 9.17) is 10.2 Å². The monoisotopic (exact) mass is 327 g/mol. The van der Waals surface area contributed by atoms with Crippen molar-refractivity contribution in [3.8, 4) is 0 Å². The molecule has 3 aromatic heterocycles. The third-order valence-corrected chi connectivity index (χ3v) is 4.30. The molecule has 1 aromatic carbocycles. The van der Waals surface area contributed by atoms with Gasteiger partial charge in [-0.25, -0.2) is 15.0 Å². The Balaban J connectivity index is 0.000000753. The number of benzene rings is 1. The minimum absolute atomic E-state index is 0.401. The number of nitrogens with two attached hydrogens (primary N) is 1. The molecule has 0 fully saturated rings. The predicted molar refractivity (Wildman–Crippen MR) is 92.5 cm³/mol. The average Bonchev–Trinajstić information content (AvgIpc) is 3.16. The van der Waals surface area contributed by atoms with Crippen LogP contribution in [0.5, 0.6) is 0 Å². The molecule has 23 heavy (non-hydrogen) atoms. The number of nitrogen functional groups attached to an aromatic ring is 1. The van der Waals surface area contributed by atoms with Crippen LogP contribution < -0.4 is 5.73 Å². The normalized spacial score (nSPS) is 10.7. The number of nitrogens with zero attached hydrogens (tertiary/aromatic N) is 3. The Morgan fingerprint density at radius 3 is 2.83 bits per heavy atom. The Bertz CT molecular complexity index is 960. The fourth-order valence-electron chi connectivity index (χ4n) is 2.19. The van der Waals surface area contributed by atoms with Crippen molar-refractivity contribution in [1.82, 2.24) is 19.9 Å². The van der Waals surface area contributed by atoms with E-state index in [9.17, 15) is 0 Å². The van der Waals surface area contributed by atoms with Gasteiger partial charge in [0.2, 0.25) is 0 Å². The zero-order valence-corrected chi connectivity index (χ0v) is 13.9. The first-order valence-electron chi connectivity index (χ1n) is 7.32. The van der Waals surface area contributed by atoms with Crippen molar-refractivity contribution >= 4 is 39.7 Å². The Labute approximate surface area is 137 Å². The van der Waals surface area contributed by atoms with Crippen LogP contribution in [0.4, 0.5) is 5.82 Å². The minimum Gasteiger partial charge on any atom is -0.464 e. The zero-order chi connectivity index (χ0) is 16.4. The van der Waals surface area contributed by atoms with Crippen LogP contribution in [-0.4, -0.2) is 19.9 Å². The molecule has 118 valence electrons.